The highest BCUT2D eigenvalue weighted by Gasteiger charge is 2.28. The van der Waals surface area contributed by atoms with Crippen LogP contribution in [0.4, 0.5) is 0 Å². The number of rotatable bonds is 8. The molecule has 214 valence electrons. The molecule has 2 aromatic carbocycles. The Kier molecular flexibility index (Phi) is 8.79. The number of hydrogen-bond acceptors (Lipinski definition) is 3. The molecule has 1 fully saturated rings. The number of halogens is 1. The van der Waals surface area contributed by atoms with Gasteiger partial charge in [-0.3, -0.25) is 14.2 Å². The second-order valence-electron chi connectivity index (χ2n) is 11.3. The molecule has 1 amide bonds. The van der Waals surface area contributed by atoms with Crippen LogP contribution in [0.1, 0.15) is 74.1 Å². The number of amides is 1. The van der Waals surface area contributed by atoms with Gasteiger partial charge in [0.15, 0.2) is 0 Å². The van der Waals surface area contributed by atoms with E-state index in [1.165, 1.54) is 0 Å². The summed E-state index contributed by atoms with van der Waals surface area (Å²) in [4.78, 5) is 30.8. The van der Waals surface area contributed by atoms with Gasteiger partial charge in [-0.15, -0.1) is 0 Å². The van der Waals surface area contributed by atoms with E-state index in [9.17, 15) is 9.59 Å². The van der Waals surface area contributed by atoms with Crippen molar-refractivity contribution < 1.29 is 4.79 Å². The van der Waals surface area contributed by atoms with Crippen molar-refractivity contribution in [2.75, 3.05) is 13.1 Å². The minimum atomic E-state index is -0.146. The molecule has 0 radical (unpaired) electrons. The first-order valence-electron chi connectivity index (χ1n) is 14.8. The van der Waals surface area contributed by atoms with Crippen LogP contribution < -0.4 is 5.56 Å². The van der Waals surface area contributed by atoms with Crippen LogP contribution >= 0.6 is 11.6 Å². The molecular formula is C34H39ClN4O2. The zero-order chi connectivity index (χ0) is 29.1. The van der Waals surface area contributed by atoms with Gasteiger partial charge in [-0.25, -0.2) is 4.68 Å². The molecule has 0 N–H and O–H groups in total. The minimum Gasteiger partial charge on any atom is -0.339 e. The molecule has 6 nitrogen and oxygen atoms in total. The molecule has 0 spiro atoms. The fraction of sp³-hybridized carbons (Fsp3) is 0.382. The van der Waals surface area contributed by atoms with Gasteiger partial charge in [0.2, 0.25) is 0 Å². The zero-order valence-corrected chi connectivity index (χ0v) is 25.2. The summed E-state index contributed by atoms with van der Waals surface area (Å²) >= 11 is 6.10. The van der Waals surface area contributed by atoms with E-state index in [1.54, 1.807) is 4.68 Å². The monoisotopic (exact) mass is 570 g/mol. The molecule has 1 aliphatic heterocycles. The maximum atomic E-state index is 14.6. The van der Waals surface area contributed by atoms with E-state index < -0.39 is 0 Å². The molecule has 0 atom stereocenters. The number of carbonyl (C=O) groups excluding carboxylic acids is 1. The molecule has 0 unspecified atom stereocenters. The number of hydrogen-bond donors (Lipinski definition) is 0. The Morgan fingerprint density at radius 3 is 2.22 bits per heavy atom. The third kappa shape index (κ3) is 5.89. The lowest BCUT2D eigenvalue weighted by atomic mass is 9.96. The summed E-state index contributed by atoms with van der Waals surface area (Å²) < 4.78 is 3.59. The molecular weight excluding hydrogens is 532 g/mol. The van der Waals surface area contributed by atoms with E-state index in [1.807, 2.05) is 52.1 Å². The molecule has 0 bridgehead atoms. The van der Waals surface area contributed by atoms with Gasteiger partial charge in [0, 0.05) is 30.0 Å². The Bertz CT molecular complexity index is 1570. The largest absolute Gasteiger partial charge is 0.339 e. The first kappa shape index (κ1) is 28.9. The third-order valence-electron chi connectivity index (χ3n) is 7.92. The number of benzene rings is 2. The number of nitrogens with zero attached hydrogens (tertiary/aromatic N) is 4. The number of aryl methyl sites for hydroxylation is 2. The van der Waals surface area contributed by atoms with E-state index in [-0.39, 0.29) is 17.4 Å². The maximum Gasteiger partial charge on any atom is 0.264 e. The number of pyridine rings is 1. The number of piperidine rings is 1. The van der Waals surface area contributed by atoms with E-state index >= 15 is 0 Å². The highest BCUT2D eigenvalue weighted by Crippen LogP contribution is 2.29. The van der Waals surface area contributed by atoms with Crippen molar-refractivity contribution in [3.05, 3.63) is 98.6 Å². The fourth-order valence-electron chi connectivity index (χ4n) is 5.82. The molecule has 1 saturated heterocycles. The van der Waals surface area contributed by atoms with Crippen molar-refractivity contribution in [1.29, 1.82) is 0 Å². The Hall–Kier alpha value is -3.64. The number of likely N-dealkylation sites (tertiary alicyclic amines) is 1. The summed E-state index contributed by atoms with van der Waals surface area (Å²) in [6.45, 7) is 9.98. The molecule has 41 heavy (non-hydrogen) atoms. The normalized spacial score (nSPS) is 13.7. The Morgan fingerprint density at radius 2 is 1.61 bits per heavy atom. The quantitative estimate of drug-likeness (QED) is 0.223. The molecule has 1 aliphatic rings. The predicted octanol–water partition coefficient (Wildman–Crippen LogP) is 7.29. The standard InChI is InChI=1S/C34H39ClN4O2/c1-5-24-11-10-12-25(6-2)32(24)39-31(21-23(3)4)29(33(40)37-18-8-7-9-19-37)22-28(34(39)41)30-17-20-38(36-30)27-15-13-26(35)14-16-27/h10-17,20,22-23H,5-9,18-19,21H2,1-4H3. The third-order valence-corrected chi connectivity index (χ3v) is 8.18. The molecule has 4 aromatic rings. The summed E-state index contributed by atoms with van der Waals surface area (Å²) in [6.07, 6.45) is 7.16. The van der Waals surface area contributed by atoms with E-state index in [4.69, 9.17) is 16.7 Å². The number of carbonyl (C=O) groups is 1. The summed E-state index contributed by atoms with van der Waals surface area (Å²) in [7, 11) is 0. The first-order valence-corrected chi connectivity index (χ1v) is 15.2. The minimum absolute atomic E-state index is 0.000452. The van der Waals surface area contributed by atoms with Crippen LogP contribution in [0.25, 0.3) is 22.6 Å². The van der Waals surface area contributed by atoms with E-state index in [0.717, 1.165) is 73.4 Å². The van der Waals surface area contributed by atoms with E-state index in [0.29, 0.717) is 28.3 Å². The van der Waals surface area contributed by atoms with Gasteiger partial charge in [-0.2, -0.15) is 5.10 Å². The van der Waals surface area contributed by atoms with E-state index in [2.05, 4.69) is 45.9 Å². The summed E-state index contributed by atoms with van der Waals surface area (Å²) in [5.41, 5.74) is 6.15. The Morgan fingerprint density at radius 1 is 0.951 bits per heavy atom. The summed E-state index contributed by atoms with van der Waals surface area (Å²) in [6, 6.07) is 17.3. The van der Waals surface area contributed by atoms with Crippen molar-refractivity contribution in [1.82, 2.24) is 19.2 Å². The summed E-state index contributed by atoms with van der Waals surface area (Å²) in [5, 5.41) is 5.45. The molecule has 5 rings (SSSR count). The maximum absolute atomic E-state index is 14.6. The second-order valence-corrected chi connectivity index (χ2v) is 11.7. The van der Waals surface area contributed by atoms with Crippen LogP contribution in [-0.2, 0) is 19.3 Å². The zero-order valence-electron chi connectivity index (χ0n) is 24.5. The predicted molar refractivity (Wildman–Crippen MR) is 167 cm³/mol. The van der Waals surface area contributed by atoms with Crippen LogP contribution in [0.3, 0.4) is 0 Å². The molecule has 0 saturated carbocycles. The smallest absolute Gasteiger partial charge is 0.264 e. The van der Waals surface area contributed by atoms with Crippen molar-refractivity contribution in [3.8, 4) is 22.6 Å². The van der Waals surface area contributed by atoms with Gasteiger partial charge in [0.25, 0.3) is 11.5 Å². The van der Waals surface area contributed by atoms with Crippen molar-refractivity contribution >= 4 is 17.5 Å². The number of aromatic nitrogens is 3. The highest BCUT2D eigenvalue weighted by atomic mass is 35.5. The van der Waals surface area contributed by atoms with Crippen molar-refractivity contribution in [2.24, 2.45) is 5.92 Å². The molecule has 0 aliphatic carbocycles. The highest BCUT2D eigenvalue weighted by molar-refractivity contribution is 6.30. The average Bonchev–Trinajstić information content (AvgIpc) is 3.47. The van der Waals surface area contributed by atoms with Gasteiger partial charge in [0.05, 0.1) is 28.2 Å². The lowest BCUT2D eigenvalue weighted by molar-refractivity contribution is 0.0722. The molecule has 3 heterocycles. The average molecular weight is 571 g/mol. The van der Waals surface area contributed by atoms with Crippen LogP contribution in [0.2, 0.25) is 5.02 Å². The SMILES string of the molecule is CCc1cccc(CC)c1-n1c(CC(C)C)c(C(=O)N2CCCCC2)cc(-c2ccn(-c3ccc(Cl)cc3)n2)c1=O. The second kappa shape index (κ2) is 12.5. The van der Waals surface area contributed by atoms with Crippen molar-refractivity contribution in [3.63, 3.8) is 0 Å². The van der Waals surface area contributed by atoms with Gasteiger partial charge >= 0.3 is 0 Å². The van der Waals surface area contributed by atoms with Crippen LogP contribution in [0, 0.1) is 5.92 Å². The fourth-order valence-corrected chi connectivity index (χ4v) is 5.95. The van der Waals surface area contributed by atoms with Crippen LogP contribution in [-0.4, -0.2) is 38.2 Å². The van der Waals surface area contributed by atoms with Gasteiger partial charge < -0.3 is 4.90 Å². The Balaban J connectivity index is 1.80. The first-order chi connectivity index (χ1) is 19.8. The Labute approximate surface area is 247 Å². The van der Waals surface area contributed by atoms with Gasteiger partial charge in [0.1, 0.15) is 0 Å². The van der Waals surface area contributed by atoms with Crippen LogP contribution in [0.5, 0.6) is 0 Å². The topological polar surface area (TPSA) is 60.1 Å². The van der Waals surface area contributed by atoms with Gasteiger partial charge in [-0.05, 0) is 92.0 Å². The molecule has 7 heteroatoms. The van der Waals surface area contributed by atoms with Crippen molar-refractivity contribution in [2.45, 2.75) is 66.2 Å². The lowest BCUT2D eigenvalue weighted by Crippen LogP contribution is -2.38. The number of para-hydroxylation sites is 1. The van der Waals surface area contributed by atoms with Gasteiger partial charge in [-0.1, -0.05) is 57.5 Å². The summed E-state index contributed by atoms with van der Waals surface area (Å²) in [5.74, 6) is 0.252. The molecule has 2 aromatic heterocycles. The lowest BCUT2D eigenvalue weighted by Gasteiger charge is -2.29. The van der Waals surface area contributed by atoms with Crippen LogP contribution in [0.15, 0.2) is 65.6 Å².